The molecule has 1 amide bonds. The van der Waals surface area contributed by atoms with Crippen LogP contribution in [-0.4, -0.2) is 5.91 Å². The first-order chi connectivity index (χ1) is 9.58. The van der Waals surface area contributed by atoms with E-state index in [1.165, 1.54) is 6.07 Å². The van der Waals surface area contributed by atoms with E-state index in [1.807, 2.05) is 20.8 Å². The van der Waals surface area contributed by atoms with Gasteiger partial charge in [0, 0.05) is 5.41 Å². The molecule has 1 N–H and O–H groups in total. The van der Waals surface area contributed by atoms with E-state index < -0.39 is 23.2 Å². The molecule has 0 unspecified atom stereocenters. The van der Waals surface area contributed by atoms with E-state index in [4.69, 9.17) is 0 Å². The van der Waals surface area contributed by atoms with Crippen molar-refractivity contribution in [1.29, 1.82) is 0 Å². The molecule has 0 saturated heterocycles. The Morgan fingerprint density at radius 2 is 1.90 bits per heavy atom. The molecule has 0 aliphatic heterocycles. The number of rotatable bonds is 5. The van der Waals surface area contributed by atoms with Crippen molar-refractivity contribution in [1.82, 2.24) is 5.32 Å². The highest BCUT2D eigenvalue weighted by Crippen LogP contribution is 2.31. The van der Waals surface area contributed by atoms with Crippen LogP contribution in [0.2, 0.25) is 0 Å². The number of amides is 1. The predicted octanol–water partition coefficient (Wildman–Crippen LogP) is 4.71. The molecular formula is C16H22F3NO. The quantitative estimate of drug-likeness (QED) is 0.838. The molecular weight excluding hydrogens is 279 g/mol. The zero-order chi connectivity index (χ0) is 16.3. The molecule has 0 heterocycles. The second-order valence-electron chi connectivity index (χ2n) is 5.95. The zero-order valence-electron chi connectivity index (χ0n) is 12.8. The summed E-state index contributed by atoms with van der Waals surface area (Å²) in [6, 6.07) is 4.60. The fraction of sp³-hybridized carbons (Fsp3) is 0.562. The molecule has 5 heteroatoms. The van der Waals surface area contributed by atoms with E-state index in [0.717, 1.165) is 25.0 Å². The summed E-state index contributed by atoms with van der Waals surface area (Å²) in [5.41, 5.74) is -0.774. The topological polar surface area (TPSA) is 29.1 Å². The van der Waals surface area contributed by atoms with E-state index in [-0.39, 0.29) is 5.91 Å². The van der Waals surface area contributed by atoms with Crippen molar-refractivity contribution in [3.8, 4) is 0 Å². The van der Waals surface area contributed by atoms with Crippen LogP contribution >= 0.6 is 0 Å². The van der Waals surface area contributed by atoms with Crippen molar-refractivity contribution in [3.05, 3.63) is 35.4 Å². The Bertz CT molecular complexity index is 495. The van der Waals surface area contributed by atoms with Gasteiger partial charge in [0.25, 0.3) is 0 Å². The molecule has 2 nitrogen and oxygen atoms in total. The minimum atomic E-state index is -4.37. The number of hydrogen-bond acceptors (Lipinski definition) is 1. The van der Waals surface area contributed by atoms with Crippen LogP contribution < -0.4 is 5.32 Å². The molecule has 118 valence electrons. The third-order valence-corrected chi connectivity index (χ3v) is 3.55. The molecule has 0 spiro atoms. The van der Waals surface area contributed by atoms with Gasteiger partial charge in [-0.2, -0.15) is 13.2 Å². The molecule has 0 aliphatic rings. The summed E-state index contributed by atoms with van der Waals surface area (Å²) in [4.78, 5) is 12.2. The summed E-state index contributed by atoms with van der Waals surface area (Å²) < 4.78 is 38.1. The van der Waals surface area contributed by atoms with Gasteiger partial charge < -0.3 is 5.32 Å². The van der Waals surface area contributed by atoms with E-state index in [1.54, 1.807) is 13.0 Å². The lowest BCUT2D eigenvalue weighted by Gasteiger charge is -2.26. The second kappa shape index (κ2) is 6.50. The fourth-order valence-electron chi connectivity index (χ4n) is 2.20. The SMILES string of the molecule is CCCC(C)(C)C(=O)N[C@@H](C)c1cccc(C(F)(F)F)c1. The third-order valence-electron chi connectivity index (χ3n) is 3.55. The van der Waals surface area contributed by atoms with Crippen LogP contribution in [-0.2, 0) is 11.0 Å². The Morgan fingerprint density at radius 1 is 1.29 bits per heavy atom. The molecule has 21 heavy (non-hydrogen) atoms. The van der Waals surface area contributed by atoms with Crippen LogP contribution in [0.3, 0.4) is 0 Å². The summed E-state index contributed by atoms with van der Waals surface area (Å²) in [6.45, 7) is 7.36. The standard InChI is InChI=1S/C16H22F3NO/c1-5-9-15(3,4)14(21)20-11(2)12-7-6-8-13(10-12)16(17,18)19/h6-8,10-11H,5,9H2,1-4H3,(H,20,21)/t11-/m0/s1. The first kappa shape index (κ1) is 17.5. The van der Waals surface area contributed by atoms with Crippen LogP contribution in [0.4, 0.5) is 13.2 Å². The molecule has 0 bridgehead atoms. The van der Waals surface area contributed by atoms with Crippen molar-refractivity contribution in [2.45, 2.75) is 52.8 Å². The monoisotopic (exact) mass is 301 g/mol. The molecule has 0 saturated carbocycles. The van der Waals surface area contributed by atoms with Gasteiger partial charge >= 0.3 is 6.18 Å². The maximum absolute atomic E-state index is 12.7. The molecule has 0 aliphatic carbocycles. The molecule has 0 radical (unpaired) electrons. The highest BCUT2D eigenvalue weighted by Gasteiger charge is 2.31. The number of hydrogen-bond donors (Lipinski definition) is 1. The van der Waals surface area contributed by atoms with Crippen LogP contribution in [0.5, 0.6) is 0 Å². The highest BCUT2D eigenvalue weighted by atomic mass is 19.4. The van der Waals surface area contributed by atoms with Gasteiger partial charge in [-0.15, -0.1) is 0 Å². The van der Waals surface area contributed by atoms with Gasteiger partial charge in [0.2, 0.25) is 5.91 Å². The Labute approximate surface area is 123 Å². The van der Waals surface area contributed by atoms with Crippen molar-refractivity contribution >= 4 is 5.91 Å². The molecule has 0 fully saturated rings. The molecule has 1 atom stereocenters. The Kier molecular flexibility index (Phi) is 5.42. The van der Waals surface area contributed by atoms with Gasteiger partial charge in [0.05, 0.1) is 11.6 Å². The summed E-state index contributed by atoms with van der Waals surface area (Å²) in [6.07, 6.45) is -2.77. The lowest BCUT2D eigenvalue weighted by molar-refractivity contribution is -0.137. The largest absolute Gasteiger partial charge is 0.416 e. The summed E-state index contributed by atoms with van der Waals surface area (Å²) >= 11 is 0. The fourth-order valence-corrected chi connectivity index (χ4v) is 2.20. The van der Waals surface area contributed by atoms with Gasteiger partial charge in [0.15, 0.2) is 0 Å². The number of nitrogens with one attached hydrogen (secondary N) is 1. The average molecular weight is 301 g/mol. The summed E-state index contributed by atoms with van der Waals surface area (Å²) in [5.74, 6) is -0.144. The maximum atomic E-state index is 12.7. The summed E-state index contributed by atoms with van der Waals surface area (Å²) in [7, 11) is 0. The van der Waals surface area contributed by atoms with Crippen LogP contribution in [0.25, 0.3) is 0 Å². The number of carbonyl (C=O) groups excluding carboxylic acids is 1. The van der Waals surface area contributed by atoms with E-state index >= 15 is 0 Å². The smallest absolute Gasteiger partial charge is 0.349 e. The first-order valence-electron chi connectivity index (χ1n) is 7.06. The minimum Gasteiger partial charge on any atom is -0.349 e. The highest BCUT2D eigenvalue weighted by molar-refractivity contribution is 5.82. The van der Waals surface area contributed by atoms with Crippen molar-refractivity contribution in [2.75, 3.05) is 0 Å². The average Bonchev–Trinajstić information content (AvgIpc) is 2.37. The number of alkyl halides is 3. The van der Waals surface area contributed by atoms with Crippen molar-refractivity contribution in [3.63, 3.8) is 0 Å². The van der Waals surface area contributed by atoms with E-state index in [9.17, 15) is 18.0 Å². The van der Waals surface area contributed by atoms with Gasteiger partial charge in [-0.1, -0.05) is 39.3 Å². The second-order valence-corrected chi connectivity index (χ2v) is 5.95. The van der Waals surface area contributed by atoms with Crippen LogP contribution in [0, 0.1) is 5.41 Å². The lowest BCUT2D eigenvalue weighted by Crippen LogP contribution is -2.38. The predicted molar refractivity (Wildman–Crippen MR) is 76.7 cm³/mol. The Balaban J connectivity index is 2.85. The Hall–Kier alpha value is -1.52. The van der Waals surface area contributed by atoms with Crippen molar-refractivity contribution in [2.24, 2.45) is 5.41 Å². The first-order valence-corrected chi connectivity index (χ1v) is 7.06. The number of benzene rings is 1. The van der Waals surface area contributed by atoms with E-state index in [2.05, 4.69) is 5.32 Å². The minimum absolute atomic E-state index is 0.144. The summed E-state index contributed by atoms with van der Waals surface area (Å²) in [5, 5.41) is 2.79. The normalized spacial score (nSPS) is 13.9. The van der Waals surface area contributed by atoms with E-state index in [0.29, 0.717) is 5.56 Å². The van der Waals surface area contributed by atoms with Gasteiger partial charge in [0.1, 0.15) is 0 Å². The Morgan fingerprint density at radius 3 is 2.43 bits per heavy atom. The van der Waals surface area contributed by atoms with Gasteiger partial charge in [-0.3, -0.25) is 4.79 Å². The number of carbonyl (C=O) groups is 1. The van der Waals surface area contributed by atoms with Gasteiger partial charge in [-0.05, 0) is 31.0 Å². The molecule has 1 aromatic carbocycles. The van der Waals surface area contributed by atoms with Crippen LogP contribution in [0.15, 0.2) is 24.3 Å². The zero-order valence-corrected chi connectivity index (χ0v) is 12.8. The van der Waals surface area contributed by atoms with Crippen molar-refractivity contribution < 1.29 is 18.0 Å². The third kappa shape index (κ3) is 4.76. The van der Waals surface area contributed by atoms with Gasteiger partial charge in [-0.25, -0.2) is 0 Å². The lowest BCUT2D eigenvalue weighted by atomic mass is 9.86. The maximum Gasteiger partial charge on any atom is 0.416 e. The van der Waals surface area contributed by atoms with Crippen LogP contribution in [0.1, 0.15) is 57.7 Å². The molecule has 0 aromatic heterocycles. The molecule has 1 aromatic rings. The molecule has 1 rings (SSSR count). The number of halogens is 3.